The second-order valence-corrected chi connectivity index (χ2v) is 8.06. The fourth-order valence-corrected chi connectivity index (χ4v) is 3.70. The molecule has 3 N–H and O–H groups in total. The predicted molar refractivity (Wildman–Crippen MR) is 108 cm³/mol. The van der Waals surface area contributed by atoms with Crippen molar-refractivity contribution in [3.05, 3.63) is 89.5 Å². The lowest BCUT2D eigenvalue weighted by Gasteiger charge is -2.11. The molecule has 28 heavy (non-hydrogen) atoms. The molecular weight excluding hydrogens is 376 g/mol. The van der Waals surface area contributed by atoms with Gasteiger partial charge in [0, 0.05) is 23.9 Å². The quantitative estimate of drug-likeness (QED) is 0.595. The Labute approximate surface area is 163 Å². The van der Waals surface area contributed by atoms with Crippen molar-refractivity contribution in [2.24, 2.45) is 0 Å². The first kappa shape index (κ1) is 19.6. The van der Waals surface area contributed by atoms with Crippen LogP contribution in [-0.4, -0.2) is 19.4 Å². The monoisotopic (exact) mass is 396 g/mol. The number of rotatable bonds is 6. The summed E-state index contributed by atoms with van der Waals surface area (Å²) < 4.78 is 27.8. The van der Waals surface area contributed by atoms with Crippen molar-refractivity contribution >= 4 is 21.6 Å². The van der Waals surface area contributed by atoms with Crippen molar-refractivity contribution in [1.29, 1.82) is 0 Å². The third kappa shape index (κ3) is 4.76. The molecule has 0 aliphatic rings. The van der Waals surface area contributed by atoms with E-state index in [2.05, 4.69) is 10.0 Å². The minimum atomic E-state index is -3.78. The van der Waals surface area contributed by atoms with Gasteiger partial charge in [-0.3, -0.25) is 4.79 Å². The Balaban J connectivity index is 1.81. The van der Waals surface area contributed by atoms with Crippen molar-refractivity contribution < 1.29 is 18.3 Å². The third-order valence-corrected chi connectivity index (χ3v) is 5.58. The fraction of sp³-hybridized carbons (Fsp3) is 0.0952. The maximum absolute atomic E-state index is 12.6. The van der Waals surface area contributed by atoms with Gasteiger partial charge in [0.05, 0.1) is 4.90 Å². The van der Waals surface area contributed by atoms with E-state index in [1.54, 1.807) is 25.1 Å². The van der Waals surface area contributed by atoms with Crippen molar-refractivity contribution in [2.75, 3.05) is 5.32 Å². The number of carbonyl (C=O) groups excluding carboxylic acids is 1. The smallest absolute Gasteiger partial charge is 0.255 e. The van der Waals surface area contributed by atoms with Crippen LogP contribution in [-0.2, 0) is 16.6 Å². The van der Waals surface area contributed by atoms with Crippen molar-refractivity contribution in [3.63, 3.8) is 0 Å². The summed E-state index contributed by atoms with van der Waals surface area (Å²) in [6.45, 7) is 1.88. The van der Waals surface area contributed by atoms with Crippen LogP contribution >= 0.6 is 0 Å². The first-order chi connectivity index (χ1) is 13.3. The first-order valence-corrected chi connectivity index (χ1v) is 10.1. The van der Waals surface area contributed by atoms with Crippen LogP contribution in [0.5, 0.6) is 5.75 Å². The molecule has 3 aromatic carbocycles. The van der Waals surface area contributed by atoms with Crippen molar-refractivity contribution in [2.45, 2.75) is 18.4 Å². The Morgan fingerprint density at radius 1 is 0.964 bits per heavy atom. The maximum atomic E-state index is 12.6. The number of nitrogens with one attached hydrogen (secondary N) is 2. The number of phenolic OH excluding ortho intramolecular Hbond substituents is 1. The number of anilines is 1. The zero-order chi connectivity index (χ0) is 20.1. The number of sulfonamides is 1. The molecule has 6 nitrogen and oxygen atoms in total. The van der Waals surface area contributed by atoms with Crippen LogP contribution in [0.2, 0.25) is 0 Å². The van der Waals surface area contributed by atoms with Gasteiger partial charge in [0.1, 0.15) is 5.75 Å². The lowest BCUT2D eigenvalue weighted by atomic mass is 10.1. The summed E-state index contributed by atoms with van der Waals surface area (Å²) in [5.41, 5.74) is 2.13. The summed E-state index contributed by atoms with van der Waals surface area (Å²) in [4.78, 5) is 12.6. The van der Waals surface area contributed by atoms with E-state index in [4.69, 9.17) is 0 Å². The van der Waals surface area contributed by atoms with Crippen LogP contribution in [0.1, 0.15) is 21.5 Å². The van der Waals surface area contributed by atoms with E-state index in [1.165, 1.54) is 24.3 Å². The lowest BCUT2D eigenvalue weighted by molar-refractivity contribution is 0.102. The van der Waals surface area contributed by atoms with Crippen molar-refractivity contribution in [3.8, 4) is 5.75 Å². The number of hydrogen-bond donors (Lipinski definition) is 3. The van der Waals surface area contributed by atoms with E-state index >= 15 is 0 Å². The Morgan fingerprint density at radius 3 is 2.43 bits per heavy atom. The van der Waals surface area contributed by atoms with Gasteiger partial charge in [0.2, 0.25) is 10.0 Å². The molecule has 7 heteroatoms. The minimum absolute atomic E-state index is 0.00934. The van der Waals surface area contributed by atoms with Crippen LogP contribution < -0.4 is 10.0 Å². The number of carbonyl (C=O) groups is 1. The average Bonchev–Trinajstić information content (AvgIpc) is 2.67. The fourth-order valence-electron chi connectivity index (χ4n) is 2.65. The summed E-state index contributed by atoms with van der Waals surface area (Å²) in [6.07, 6.45) is 0. The molecule has 0 saturated heterocycles. The Morgan fingerprint density at radius 2 is 1.71 bits per heavy atom. The van der Waals surface area contributed by atoms with E-state index in [0.717, 1.165) is 5.56 Å². The zero-order valence-corrected chi connectivity index (χ0v) is 16.0. The Hall–Kier alpha value is -3.16. The van der Waals surface area contributed by atoms with E-state index < -0.39 is 15.9 Å². The molecule has 1 amide bonds. The van der Waals surface area contributed by atoms with E-state index in [9.17, 15) is 18.3 Å². The second kappa shape index (κ2) is 8.24. The molecule has 0 saturated carbocycles. The molecule has 0 spiro atoms. The van der Waals surface area contributed by atoms with Gasteiger partial charge in [-0.25, -0.2) is 13.1 Å². The number of aryl methyl sites for hydroxylation is 1. The van der Waals surface area contributed by atoms with Gasteiger partial charge < -0.3 is 10.4 Å². The van der Waals surface area contributed by atoms with E-state index in [0.29, 0.717) is 11.3 Å². The van der Waals surface area contributed by atoms with E-state index in [-0.39, 0.29) is 22.8 Å². The molecule has 0 aliphatic heterocycles. The van der Waals surface area contributed by atoms with Crippen LogP contribution in [0, 0.1) is 6.92 Å². The van der Waals surface area contributed by atoms with Crippen LogP contribution in [0.15, 0.2) is 77.7 Å². The molecule has 3 rings (SSSR count). The second-order valence-electron chi connectivity index (χ2n) is 6.29. The van der Waals surface area contributed by atoms with E-state index in [1.807, 2.05) is 30.3 Å². The van der Waals surface area contributed by atoms with Gasteiger partial charge in [0.15, 0.2) is 0 Å². The lowest BCUT2D eigenvalue weighted by Crippen LogP contribution is -2.24. The summed E-state index contributed by atoms with van der Waals surface area (Å²) in [6, 6.07) is 19.7. The maximum Gasteiger partial charge on any atom is 0.255 e. The first-order valence-electron chi connectivity index (χ1n) is 8.60. The van der Waals surface area contributed by atoms with Crippen LogP contribution in [0.3, 0.4) is 0 Å². The molecule has 0 unspecified atom stereocenters. The topological polar surface area (TPSA) is 95.5 Å². The minimum Gasteiger partial charge on any atom is -0.508 e. The highest BCUT2D eigenvalue weighted by Gasteiger charge is 2.18. The number of hydrogen-bond acceptors (Lipinski definition) is 4. The average molecular weight is 396 g/mol. The van der Waals surface area contributed by atoms with Crippen LogP contribution in [0.4, 0.5) is 5.69 Å². The summed E-state index contributed by atoms with van der Waals surface area (Å²) >= 11 is 0. The molecule has 0 atom stereocenters. The highest BCUT2D eigenvalue weighted by Crippen LogP contribution is 2.20. The molecule has 144 valence electrons. The highest BCUT2D eigenvalue weighted by atomic mass is 32.2. The van der Waals surface area contributed by atoms with Gasteiger partial charge in [-0.15, -0.1) is 0 Å². The highest BCUT2D eigenvalue weighted by molar-refractivity contribution is 7.89. The summed E-state index contributed by atoms with van der Waals surface area (Å²) in [5, 5.41) is 12.2. The van der Waals surface area contributed by atoms with Gasteiger partial charge in [-0.1, -0.05) is 42.5 Å². The Bertz CT molecular complexity index is 1100. The molecule has 0 heterocycles. The SMILES string of the molecule is Cc1ccc(S(=O)(=O)NCc2ccccc2)cc1C(=O)Nc1cccc(O)c1. The molecule has 3 aromatic rings. The van der Waals surface area contributed by atoms with Gasteiger partial charge >= 0.3 is 0 Å². The molecule has 0 aliphatic carbocycles. The van der Waals surface area contributed by atoms with Gasteiger partial charge in [0.25, 0.3) is 5.91 Å². The normalized spacial score (nSPS) is 11.2. The predicted octanol–water partition coefficient (Wildman–Crippen LogP) is 3.43. The standard InChI is InChI=1S/C21H20N2O4S/c1-15-10-11-19(28(26,27)22-14-16-6-3-2-4-7-16)13-20(15)21(25)23-17-8-5-9-18(24)12-17/h2-13,22,24H,14H2,1H3,(H,23,25). The van der Waals surface area contributed by atoms with Gasteiger partial charge in [-0.05, 0) is 42.3 Å². The molecular formula is C21H20N2O4S. The molecule has 0 fully saturated rings. The number of benzene rings is 3. The van der Waals surface area contributed by atoms with Crippen molar-refractivity contribution in [1.82, 2.24) is 4.72 Å². The third-order valence-electron chi connectivity index (χ3n) is 4.18. The molecule has 0 radical (unpaired) electrons. The summed E-state index contributed by atoms with van der Waals surface area (Å²) in [7, 11) is -3.78. The van der Waals surface area contributed by atoms with Gasteiger partial charge in [-0.2, -0.15) is 0 Å². The Kier molecular flexibility index (Phi) is 5.77. The molecule has 0 bridgehead atoms. The zero-order valence-electron chi connectivity index (χ0n) is 15.2. The number of phenols is 1. The molecule has 0 aromatic heterocycles. The summed E-state index contributed by atoms with van der Waals surface area (Å²) in [5.74, 6) is -0.431. The van der Waals surface area contributed by atoms with Crippen LogP contribution in [0.25, 0.3) is 0 Å². The number of aromatic hydroxyl groups is 1. The largest absolute Gasteiger partial charge is 0.508 e. The number of amides is 1.